The van der Waals surface area contributed by atoms with Gasteiger partial charge in [-0.3, -0.25) is 0 Å². The Morgan fingerprint density at radius 1 is 1.24 bits per heavy atom. The second-order valence-electron chi connectivity index (χ2n) is 6.61. The highest BCUT2D eigenvalue weighted by molar-refractivity contribution is 5.72. The molecule has 0 radical (unpaired) electrons. The number of nitrogens with zero attached hydrogens (tertiary/aromatic N) is 2. The van der Waals surface area contributed by atoms with Gasteiger partial charge in [0.15, 0.2) is 0 Å². The van der Waals surface area contributed by atoms with Crippen molar-refractivity contribution in [3.8, 4) is 17.0 Å². The van der Waals surface area contributed by atoms with Crippen LogP contribution in [-0.4, -0.2) is 16.7 Å². The highest BCUT2D eigenvalue weighted by atomic mass is 16.5. The van der Waals surface area contributed by atoms with Crippen molar-refractivity contribution in [1.29, 1.82) is 0 Å². The highest BCUT2D eigenvalue weighted by Gasteiger charge is 2.26. The number of aromatic nitrogens is 2. The van der Waals surface area contributed by atoms with E-state index >= 15 is 0 Å². The van der Waals surface area contributed by atoms with Crippen LogP contribution in [0, 0.1) is 0 Å². The van der Waals surface area contributed by atoms with E-state index in [0.717, 1.165) is 22.8 Å². The van der Waals surface area contributed by atoms with Gasteiger partial charge in [-0.1, -0.05) is 32.9 Å². The van der Waals surface area contributed by atoms with Crippen LogP contribution in [0.3, 0.4) is 0 Å². The number of nitrogens with two attached hydrogens (primary N) is 1. The van der Waals surface area contributed by atoms with E-state index in [1.54, 1.807) is 7.11 Å². The average Bonchev–Trinajstić information content (AvgIpc) is 2.76. The summed E-state index contributed by atoms with van der Waals surface area (Å²) in [4.78, 5) is 4.83. The lowest BCUT2D eigenvalue weighted by Crippen LogP contribution is -2.21. The number of hydrogen-bond acceptors (Lipinski definition) is 3. The molecule has 0 fully saturated rings. The van der Waals surface area contributed by atoms with Gasteiger partial charge in [-0.2, -0.15) is 0 Å². The maximum absolute atomic E-state index is 6.38. The average molecular weight is 287 g/mol. The molecule has 4 nitrogen and oxygen atoms in total. The van der Waals surface area contributed by atoms with Crippen LogP contribution >= 0.6 is 0 Å². The Labute approximate surface area is 127 Å². The molecule has 1 aromatic heterocycles. The standard InChI is InChI=1S/C17H25N3O/c1-11(2)20-15(18)14(19-16(20)17(3,4)5)12-8-7-9-13(10-12)21-6/h7-11H,18H2,1-6H3. The number of anilines is 1. The minimum atomic E-state index is -0.0600. The number of benzene rings is 1. The summed E-state index contributed by atoms with van der Waals surface area (Å²) in [6.45, 7) is 10.7. The molecule has 1 heterocycles. The molecule has 0 unspecified atom stereocenters. The van der Waals surface area contributed by atoms with Crippen LogP contribution in [0.15, 0.2) is 24.3 Å². The predicted molar refractivity (Wildman–Crippen MR) is 87.7 cm³/mol. The summed E-state index contributed by atoms with van der Waals surface area (Å²) in [5.41, 5.74) is 8.13. The second kappa shape index (κ2) is 5.43. The van der Waals surface area contributed by atoms with Crippen molar-refractivity contribution in [2.45, 2.75) is 46.1 Å². The Kier molecular flexibility index (Phi) is 3.99. The molecule has 0 amide bonds. The third-order valence-corrected chi connectivity index (χ3v) is 3.48. The third-order valence-electron chi connectivity index (χ3n) is 3.48. The van der Waals surface area contributed by atoms with Gasteiger partial charge in [0.2, 0.25) is 0 Å². The molecule has 0 aliphatic carbocycles. The number of methoxy groups -OCH3 is 1. The van der Waals surface area contributed by atoms with Gasteiger partial charge in [0.1, 0.15) is 23.1 Å². The van der Waals surface area contributed by atoms with Gasteiger partial charge in [-0.25, -0.2) is 4.98 Å². The Bertz CT molecular complexity index is 636. The molecule has 0 aliphatic heterocycles. The summed E-state index contributed by atoms with van der Waals surface area (Å²) in [5, 5.41) is 0. The molecule has 2 rings (SSSR count). The number of hydrogen-bond donors (Lipinski definition) is 1. The maximum atomic E-state index is 6.38. The topological polar surface area (TPSA) is 53.1 Å². The zero-order valence-corrected chi connectivity index (χ0v) is 13.8. The molecule has 2 N–H and O–H groups in total. The summed E-state index contributed by atoms with van der Waals surface area (Å²) < 4.78 is 7.41. The van der Waals surface area contributed by atoms with Gasteiger partial charge >= 0.3 is 0 Å². The van der Waals surface area contributed by atoms with E-state index in [9.17, 15) is 0 Å². The zero-order chi connectivity index (χ0) is 15.8. The molecular weight excluding hydrogens is 262 g/mol. The second-order valence-corrected chi connectivity index (χ2v) is 6.61. The van der Waals surface area contributed by atoms with E-state index in [0.29, 0.717) is 5.82 Å². The van der Waals surface area contributed by atoms with Gasteiger partial charge in [-0.05, 0) is 26.0 Å². The van der Waals surface area contributed by atoms with Crippen molar-refractivity contribution in [2.75, 3.05) is 12.8 Å². The van der Waals surface area contributed by atoms with Gasteiger partial charge < -0.3 is 15.0 Å². The van der Waals surface area contributed by atoms with E-state index in [2.05, 4.69) is 39.2 Å². The molecule has 1 aromatic carbocycles. The van der Waals surface area contributed by atoms with Gasteiger partial charge in [0.05, 0.1) is 7.11 Å². The van der Waals surface area contributed by atoms with E-state index < -0.39 is 0 Å². The molecule has 0 bridgehead atoms. The van der Waals surface area contributed by atoms with Crippen molar-refractivity contribution in [3.05, 3.63) is 30.1 Å². The largest absolute Gasteiger partial charge is 0.497 e. The fraction of sp³-hybridized carbons (Fsp3) is 0.471. The first-order valence-electron chi connectivity index (χ1n) is 7.28. The van der Waals surface area contributed by atoms with Crippen LogP contribution in [-0.2, 0) is 5.41 Å². The summed E-state index contributed by atoms with van der Waals surface area (Å²) in [5.74, 6) is 2.53. The number of imidazole rings is 1. The summed E-state index contributed by atoms with van der Waals surface area (Å²) in [7, 11) is 1.66. The van der Waals surface area contributed by atoms with Gasteiger partial charge in [0, 0.05) is 17.0 Å². The maximum Gasteiger partial charge on any atom is 0.131 e. The monoisotopic (exact) mass is 287 g/mol. The van der Waals surface area contributed by atoms with Crippen molar-refractivity contribution < 1.29 is 4.74 Å². The van der Waals surface area contributed by atoms with E-state index in [-0.39, 0.29) is 11.5 Å². The molecule has 4 heteroatoms. The molecule has 0 atom stereocenters. The lowest BCUT2D eigenvalue weighted by atomic mass is 9.95. The Hall–Kier alpha value is -1.97. The fourth-order valence-electron chi connectivity index (χ4n) is 2.48. The van der Waals surface area contributed by atoms with Crippen molar-refractivity contribution in [1.82, 2.24) is 9.55 Å². The number of nitrogen functional groups attached to an aromatic ring is 1. The first kappa shape index (κ1) is 15.4. The van der Waals surface area contributed by atoms with Crippen LogP contribution in [0.1, 0.15) is 46.5 Å². The molecule has 114 valence electrons. The minimum absolute atomic E-state index is 0.0600. The quantitative estimate of drug-likeness (QED) is 0.927. The fourth-order valence-corrected chi connectivity index (χ4v) is 2.48. The van der Waals surface area contributed by atoms with Crippen LogP contribution in [0.25, 0.3) is 11.3 Å². The number of ether oxygens (including phenoxy) is 1. The summed E-state index contributed by atoms with van der Waals surface area (Å²) in [6.07, 6.45) is 0. The number of rotatable bonds is 3. The normalized spacial score (nSPS) is 12.0. The molecule has 0 aliphatic rings. The SMILES string of the molecule is COc1cccc(-c2nc(C(C)(C)C)n(C(C)C)c2N)c1. The Morgan fingerprint density at radius 2 is 1.90 bits per heavy atom. The third kappa shape index (κ3) is 2.89. The van der Waals surface area contributed by atoms with Crippen LogP contribution < -0.4 is 10.5 Å². The highest BCUT2D eigenvalue weighted by Crippen LogP contribution is 2.35. The summed E-state index contributed by atoms with van der Waals surface area (Å²) in [6, 6.07) is 8.13. The summed E-state index contributed by atoms with van der Waals surface area (Å²) >= 11 is 0. The molecule has 0 saturated carbocycles. The minimum Gasteiger partial charge on any atom is -0.497 e. The predicted octanol–water partition coefficient (Wildman–Crippen LogP) is 4.02. The zero-order valence-electron chi connectivity index (χ0n) is 13.8. The van der Waals surface area contributed by atoms with Gasteiger partial charge in [0.25, 0.3) is 0 Å². The first-order chi connectivity index (χ1) is 9.75. The van der Waals surface area contributed by atoms with E-state index in [1.807, 2.05) is 24.3 Å². The lowest BCUT2D eigenvalue weighted by molar-refractivity contribution is 0.415. The smallest absolute Gasteiger partial charge is 0.131 e. The lowest BCUT2D eigenvalue weighted by Gasteiger charge is -2.22. The molecule has 21 heavy (non-hydrogen) atoms. The molecule has 0 saturated heterocycles. The van der Waals surface area contributed by atoms with Gasteiger partial charge in [-0.15, -0.1) is 0 Å². The Balaban J connectivity index is 2.65. The molecule has 0 spiro atoms. The van der Waals surface area contributed by atoms with E-state index in [4.69, 9.17) is 15.5 Å². The van der Waals surface area contributed by atoms with Crippen molar-refractivity contribution >= 4 is 5.82 Å². The van der Waals surface area contributed by atoms with Crippen molar-refractivity contribution in [2.24, 2.45) is 0 Å². The molecular formula is C17H25N3O. The Morgan fingerprint density at radius 3 is 2.38 bits per heavy atom. The first-order valence-corrected chi connectivity index (χ1v) is 7.28. The van der Waals surface area contributed by atoms with Crippen LogP contribution in [0.5, 0.6) is 5.75 Å². The van der Waals surface area contributed by atoms with E-state index in [1.165, 1.54) is 0 Å². The molecule has 2 aromatic rings. The van der Waals surface area contributed by atoms with Crippen LogP contribution in [0.4, 0.5) is 5.82 Å². The van der Waals surface area contributed by atoms with Crippen molar-refractivity contribution in [3.63, 3.8) is 0 Å². The van der Waals surface area contributed by atoms with Crippen LogP contribution in [0.2, 0.25) is 0 Å².